The first-order chi connectivity index (χ1) is 21.2. The Bertz CT molecular complexity index is 1210. The minimum Gasteiger partial charge on any atom is -0.379 e. The second-order valence-electron chi connectivity index (χ2n) is 11.6. The third-order valence-electron chi connectivity index (χ3n) is 8.37. The van der Waals surface area contributed by atoms with Gasteiger partial charge in [-0.2, -0.15) is 0 Å². The quantitative estimate of drug-likeness (QED) is 0.103. The van der Waals surface area contributed by atoms with Crippen molar-refractivity contribution in [3.05, 3.63) is 41.5 Å². The summed E-state index contributed by atoms with van der Waals surface area (Å²) in [6.07, 6.45) is 5.41. The predicted molar refractivity (Wildman–Crippen MR) is 161 cm³/mol. The number of aliphatic hydroxyl groups excluding tert-OH is 1. The second-order valence-corrected chi connectivity index (χ2v) is 11.6. The van der Waals surface area contributed by atoms with Gasteiger partial charge in [-0.05, 0) is 62.6 Å². The van der Waals surface area contributed by atoms with E-state index in [0.717, 1.165) is 36.9 Å². The Hall–Kier alpha value is -3.61. The van der Waals surface area contributed by atoms with Crippen LogP contribution in [0.1, 0.15) is 57.4 Å². The molecular formula is C32H44N4O8. The molecule has 1 aliphatic carbocycles. The summed E-state index contributed by atoms with van der Waals surface area (Å²) in [6.45, 7) is 4.49. The molecule has 0 bridgehead atoms. The van der Waals surface area contributed by atoms with Crippen molar-refractivity contribution < 1.29 is 38.6 Å². The lowest BCUT2D eigenvalue weighted by molar-refractivity contribution is -0.152. The molecule has 1 unspecified atom stereocenters. The lowest BCUT2D eigenvalue weighted by atomic mass is 9.81. The minimum atomic E-state index is -0.780. The number of carbonyl (C=O) groups is 5. The summed E-state index contributed by atoms with van der Waals surface area (Å²) in [5, 5.41) is 16.2. The number of β-lactam (4-membered cyclic amide) rings is 1. The van der Waals surface area contributed by atoms with Crippen molar-refractivity contribution >= 4 is 35.2 Å². The van der Waals surface area contributed by atoms with E-state index in [-0.39, 0.29) is 41.4 Å². The van der Waals surface area contributed by atoms with Crippen LogP contribution in [0.2, 0.25) is 0 Å². The molecule has 240 valence electrons. The van der Waals surface area contributed by atoms with E-state index in [1.807, 2.05) is 24.3 Å². The van der Waals surface area contributed by atoms with Crippen LogP contribution in [0.25, 0.3) is 0 Å². The van der Waals surface area contributed by atoms with Gasteiger partial charge in [-0.15, -0.1) is 0 Å². The van der Waals surface area contributed by atoms with Gasteiger partial charge in [0.2, 0.25) is 17.7 Å². The maximum atomic E-state index is 12.5. The van der Waals surface area contributed by atoms with Crippen molar-refractivity contribution in [2.24, 2.45) is 11.8 Å². The number of carbonyl (C=O) groups excluding carboxylic acids is 5. The van der Waals surface area contributed by atoms with Gasteiger partial charge < -0.3 is 25.2 Å². The van der Waals surface area contributed by atoms with E-state index in [4.69, 9.17) is 9.47 Å². The second kappa shape index (κ2) is 16.5. The first kappa shape index (κ1) is 33.3. The highest BCUT2D eigenvalue weighted by molar-refractivity contribution is 6.15. The molecule has 44 heavy (non-hydrogen) atoms. The van der Waals surface area contributed by atoms with E-state index in [1.165, 1.54) is 15.9 Å². The summed E-state index contributed by atoms with van der Waals surface area (Å²) < 4.78 is 11.1. The Balaban J connectivity index is 0.964. The highest BCUT2D eigenvalue weighted by Crippen LogP contribution is 2.30. The van der Waals surface area contributed by atoms with Crippen LogP contribution in [-0.2, 0) is 39.9 Å². The van der Waals surface area contributed by atoms with Gasteiger partial charge >= 0.3 is 0 Å². The molecule has 2 heterocycles. The topological polar surface area (TPSA) is 155 Å². The zero-order valence-electron chi connectivity index (χ0n) is 25.4. The molecule has 1 saturated heterocycles. The maximum Gasteiger partial charge on any atom is 0.256 e. The summed E-state index contributed by atoms with van der Waals surface area (Å²) in [6, 6.07) is 7.47. The van der Waals surface area contributed by atoms with Gasteiger partial charge in [-0.3, -0.25) is 33.8 Å². The van der Waals surface area contributed by atoms with E-state index in [9.17, 15) is 29.1 Å². The van der Waals surface area contributed by atoms with Gasteiger partial charge in [0.1, 0.15) is 6.23 Å². The Kier molecular flexibility index (Phi) is 12.5. The number of imide groups is 2. The third-order valence-corrected chi connectivity index (χ3v) is 8.37. The molecule has 12 nitrogen and oxygen atoms in total. The number of aliphatic hydroxyl groups is 1. The highest BCUT2D eigenvalue weighted by atomic mass is 16.5. The molecule has 3 N–H and O–H groups in total. The number of anilines is 1. The number of nitrogens with zero attached hydrogens (tertiary/aromatic N) is 2. The number of hydrogen-bond donors (Lipinski definition) is 3. The molecule has 3 aliphatic rings. The van der Waals surface area contributed by atoms with Crippen molar-refractivity contribution in [2.45, 2.75) is 64.5 Å². The van der Waals surface area contributed by atoms with E-state index in [0.29, 0.717) is 77.3 Å². The molecule has 1 saturated carbocycles. The average molecular weight is 613 g/mol. The smallest absolute Gasteiger partial charge is 0.256 e. The maximum absolute atomic E-state index is 12.5. The first-order valence-corrected chi connectivity index (χ1v) is 15.6. The minimum absolute atomic E-state index is 0.0141. The zero-order valence-corrected chi connectivity index (χ0v) is 25.4. The van der Waals surface area contributed by atoms with Gasteiger partial charge in [0.25, 0.3) is 11.8 Å². The average Bonchev–Trinajstić information content (AvgIpc) is 3.24. The fraction of sp³-hybridized carbons (Fsp3) is 0.594. The molecule has 0 spiro atoms. The molecule has 1 aromatic rings. The molecule has 5 amide bonds. The zero-order chi connectivity index (χ0) is 31.5. The van der Waals surface area contributed by atoms with Crippen LogP contribution in [-0.4, -0.2) is 96.7 Å². The number of benzene rings is 1. The van der Waals surface area contributed by atoms with Crippen molar-refractivity contribution in [3.63, 3.8) is 0 Å². The third kappa shape index (κ3) is 9.70. The van der Waals surface area contributed by atoms with E-state index < -0.39 is 6.23 Å². The van der Waals surface area contributed by atoms with E-state index in [2.05, 4.69) is 10.6 Å². The van der Waals surface area contributed by atoms with E-state index >= 15 is 0 Å². The molecule has 2 fully saturated rings. The van der Waals surface area contributed by atoms with Crippen molar-refractivity contribution in [1.29, 1.82) is 0 Å². The van der Waals surface area contributed by atoms with Gasteiger partial charge in [0.15, 0.2) is 0 Å². The molecule has 0 radical (unpaired) electrons. The van der Waals surface area contributed by atoms with Crippen LogP contribution in [0, 0.1) is 11.8 Å². The Labute approximate surface area is 258 Å². The SMILES string of the molecule is CC1=CC(=O)N(CC2CCC(C(=O)NCCOCCOCCC(O)Nc3ccc(CCC(=O)N4CCC4=O)cc3)CC2)C1=O. The predicted octanol–water partition coefficient (Wildman–Crippen LogP) is 1.77. The summed E-state index contributed by atoms with van der Waals surface area (Å²) in [7, 11) is 0. The summed E-state index contributed by atoms with van der Waals surface area (Å²) in [5.41, 5.74) is 2.22. The number of nitrogens with one attached hydrogen (secondary N) is 2. The Morgan fingerprint density at radius 3 is 2.32 bits per heavy atom. The van der Waals surface area contributed by atoms with Gasteiger partial charge in [0.05, 0.1) is 26.4 Å². The molecule has 2 aliphatic heterocycles. The number of likely N-dealkylation sites (tertiary alicyclic amines) is 1. The van der Waals surface area contributed by atoms with Crippen molar-refractivity contribution in [3.8, 4) is 0 Å². The van der Waals surface area contributed by atoms with Gasteiger partial charge in [0, 0.05) is 62.2 Å². The molecule has 1 aromatic carbocycles. The van der Waals surface area contributed by atoms with Crippen LogP contribution < -0.4 is 10.6 Å². The summed E-state index contributed by atoms with van der Waals surface area (Å²) in [5.74, 6) is -0.496. The van der Waals surface area contributed by atoms with Crippen LogP contribution >= 0.6 is 0 Å². The van der Waals surface area contributed by atoms with E-state index in [1.54, 1.807) is 6.92 Å². The molecule has 0 aromatic heterocycles. The number of hydrogen-bond acceptors (Lipinski definition) is 9. The standard InChI is InChI=1S/C32H44N4O8/c1-22-20-30(40)36(32(22)42)21-24-2-7-25(8-3-24)31(41)33-14-17-44-19-18-43-16-13-27(37)34-26-9-4-23(5-10-26)6-11-28(38)35-15-12-29(35)39/h4-5,9-10,20,24-25,27,34,37H,2-3,6-8,11-19,21H2,1H3,(H,33,41). The lowest BCUT2D eigenvalue weighted by Gasteiger charge is -2.30. The van der Waals surface area contributed by atoms with Gasteiger partial charge in [-0.25, -0.2) is 0 Å². The fourth-order valence-corrected chi connectivity index (χ4v) is 5.58. The first-order valence-electron chi connectivity index (χ1n) is 15.6. The number of rotatable bonds is 17. The van der Waals surface area contributed by atoms with Crippen molar-refractivity contribution in [1.82, 2.24) is 15.1 Å². The fourth-order valence-electron chi connectivity index (χ4n) is 5.58. The Morgan fingerprint density at radius 2 is 1.70 bits per heavy atom. The highest BCUT2D eigenvalue weighted by Gasteiger charge is 2.33. The van der Waals surface area contributed by atoms with Crippen LogP contribution in [0.5, 0.6) is 0 Å². The monoisotopic (exact) mass is 612 g/mol. The van der Waals surface area contributed by atoms with Crippen LogP contribution in [0.3, 0.4) is 0 Å². The van der Waals surface area contributed by atoms with Gasteiger partial charge in [-0.1, -0.05) is 12.1 Å². The lowest BCUT2D eigenvalue weighted by Crippen LogP contribution is -2.47. The number of aryl methyl sites for hydroxylation is 1. The summed E-state index contributed by atoms with van der Waals surface area (Å²) in [4.78, 5) is 62.5. The normalized spacial score (nSPS) is 20.8. The molecule has 12 heteroatoms. The Morgan fingerprint density at radius 1 is 1.00 bits per heavy atom. The largest absolute Gasteiger partial charge is 0.379 e. The summed E-state index contributed by atoms with van der Waals surface area (Å²) >= 11 is 0. The number of amides is 5. The molecule has 1 atom stereocenters. The molecular weight excluding hydrogens is 568 g/mol. The van der Waals surface area contributed by atoms with Crippen molar-refractivity contribution in [2.75, 3.05) is 51.4 Å². The van der Waals surface area contributed by atoms with Crippen LogP contribution in [0.15, 0.2) is 35.9 Å². The molecule has 4 rings (SSSR count). The number of ether oxygens (including phenoxy) is 2. The van der Waals surface area contributed by atoms with Crippen LogP contribution in [0.4, 0.5) is 5.69 Å².